The molecule has 6 heteroatoms. The fourth-order valence-electron chi connectivity index (χ4n) is 2.83. The predicted octanol–water partition coefficient (Wildman–Crippen LogP) is 3.62. The summed E-state index contributed by atoms with van der Waals surface area (Å²) in [7, 11) is 3.16. The highest BCUT2D eigenvalue weighted by atomic mass is 32.2. The van der Waals surface area contributed by atoms with Gasteiger partial charge in [-0.25, -0.2) is 0 Å². The van der Waals surface area contributed by atoms with E-state index in [1.165, 1.54) is 0 Å². The van der Waals surface area contributed by atoms with Gasteiger partial charge in [-0.15, -0.1) is 11.8 Å². The van der Waals surface area contributed by atoms with Crippen LogP contribution in [0.5, 0.6) is 11.5 Å². The number of ether oxygens (including phenoxy) is 2. The summed E-state index contributed by atoms with van der Waals surface area (Å²) < 4.78 is 16.0. The van der Waals surface area contributed by atoms with E-state index in [1.807, 2.05) is 28.8 Å². The van der Waals surface area contributed by atoms with Crippen molar-refractivity contribution in [3.05, 3.63) is 47.9 Å². The molecule has 3 rings (SSSR count). The second kappa shape index (κ2) is 7.66. The largest absolute Gasteiger partial charge is 0.493 e. The minimum absolute atomic E-state index is 0.0247. The fraction of sp³-hybridized carbons (Fsp3) is 0.389. The zero-order valence-corrected chi connectivity index (χ0v) is 14.7. The van der Waals surface area contributed by atoms with Gasteiger partial charge in [0.25, 0.3) is 5.91 Å². The van der Waals surface area contributed by atoms with Crippen molar-refractivity contribution >= 4 is 17.7 Å². The molecule has 0 bridgehead atoms. The molecule has 1 amide bonds. The van der Waals surface area contributed by atoms with E-state index in [9.17, 15) is 4.79 Å². The topological polar surface area (TPSA) is 51.9 Å². The van der Waals surface area contributed by atoms with Crippen LogP contribution >= 0.6 is 11.8 Å². The van der Waals surface area contributed by atoms with Gasteiger partial charge >= 0.3 is 0 Å². The number of carbonyl (C=O) groups is 1. The number of rotatable bonds is 4. The lowest BCUT2D eigenvalue weighted by molar-refractivity contribution is 0.0765. The Kier molecular flexibility index (Phi) is 5.35. The molecule has 0 spiro atoms. The molecule has 0 aliphatic carbocycles. The van der Waals surface area contributed by atoms with Crippen molar-refractivity contribution in [1.29, 1.82) is 0 Å². The molecule has 2 heterocycles. The lowest BCUT2D eigenvalue weighted by atomic mass is 10.1. The Bertz CT molecular complexity index is 686. The van der Waals surface area contributed by atoms with Gasteiger partial charge in [-0.1, -0.05) is 0 Å². The molecule has 1 fully saturated rings. The Morgan fingerprint density at radius 1 is 1.21 bits per heavy atom. The molecular formula is C18H21NO4S. The Morgan fingerprint density at radius 3 is 2.75 bits per heavy atom. The van der Waals surface area contributed by atoms with Gasteiger partial charge < -0.3 is 18.8 Å². The first kappa shape index (κ1) is 16.8. The Morgan fingerprint density at radius 2 is 2.04 bits per heavy atom. The summed E-state index contributed by atoms with van der Waals surface area (Å²) in [5, 5.41) is 0.309. The van der Waals surface area contributed by atoms with Gasteiger partial charge in [-0.2, -0.15) is 0 Å². The SMILES string of the molecule is COc1ccc(C(=O)N2CCSC(c3ccco3)CC2)cc1OC. The van der Waals surface area contributed by atoms with Gasteiger partial charge in [0.2, 0.25) is 0 Å². The number of amides is 1. The zero-order chi connectivity index (χ0) is 16.9. The average Bonchev–Trinajstić information content (AvgIpc) is 3.05. The first-order chi connectivity index (χ1) is 11.7. The molecule has 1 aromatic heterocycles. The number of hydrogen-bond acceptors (Lipinski definition) is 5. The number of thioether (sulfide) groups is 1. The summed E-state index contributed by atoms with van der Waals surface area (Å²) in [6, 6.07) is 9.20. The third-order valence-electron chi connectivity index (χ3n) is 4.12. The number of benzene rings is 1. The fourth-order valence-corrected chi connectivity index (χ4v) is 4.01. The molecule has 1 aliphatic rings. The number of carbonyl (C=O) groups excluding carboxylic acids is 1. The number of furan rings is 1. The highest BCUT2D eigenvalue weighted by Crippen LogP contribution is 2.35. The van der Waals surface area contributed by atoms with Gasteiger partial charge in [-0.3, -0.25) is 4.79 Å². The van der Waals surface area contributed by atoms with Gasteiger partial charge in [0, 0.05) is 24.4 Å². The van der Waals surface area contributed by atoms with Crippen molar-refractivity contribution in [3.63, 3.8) is 0 Å². The Labute approximate surface area is 145 Å². The minimum atomic E-state index is 0.0247. The molecule has 0 radical (unpaired) electrons. The van der Waals surface area contributed by atoms with Crippen molar-refractivity contribution < 1.29 is 18.7 Å². The molecule has 1 aromatic carbocycles. The summed E-state index contributed by atoms with van der Waals surface area (Å²) in [4.78, 5) is 14.7. The van der Waals surface area contributed by atoms with Gasteiger partial charge in [0.05, 0.1) is 25.7 Å². The maximum Gasteiger partial charge on any atom is 0.254 e. The van der Waals surface area contributed by atoms with Crippen LogP contribution in [0, 0.1) is 0 Å². The van der Waals surface area contributed by atoms with Crippen LogP contribution in [0.1, 0.15) is 27.8 Å². The second-order valence-corrected chi connectivity index (χ2v) is 6.84. The predicted molar refractivity (Wildman–Crippen MR) is 94.0 cm³/mol. The van der Waals surface area contributed by atoms with E-state index in [0.717, 1.165) is 24.5 Å². The molecular weight excluding hydrogens is 326 g/mol. The van der Waals surface area contributed by atoms with Crippen molar-refractivity contribution in [1.82, 2.24) is 4.90 Å². The van der Waals surface area contributed by atoms with Crippen LogP contribution in [-0.4, -0.2) is 43.9 Å². The lowest BCUT2D eigenvalue weighted by Gasteiger charge is -2.21. The van der Waals surface area contributed by atoms with E-state index in [-0.39, 0.29) is 5.91 Å². The monoisotopic (exact) mass is 347 g/mol. The molecule has 1 unspecified atom stereocenters. The van der Waals surface area contributed by atoms with Crippen LogP contribution in [0.25, 0.3) is 0 Å². The summed E-state index contributed by atoms with van der Waals surface area (Å²) in [5.74, 6) is 3.10. The van der Waals surface area contributed by atoms with Crippen molar-refractivity contribution in [2.75, 3.05) is 33.1 Å². The third-order valence-corrected chi connectivity index (χ3v) is 5.41. The summed E-state index contributed by atoms with van der Waals surface area (Å²) >= 11 is 1.84. The molecule has 2 aromatic rings. The van der Waals surface area contributed by atoms with Gasteiger partial charge in [-0.05, 0) is 36.8 Å². The first-order valence-electron chi connectivity index (χ1n) is 7.89. The quantitative estimate of drug-likeness (QED) is 0.845. The Balaban J connectivity index is 1.71. The van der Waals surface area contributed by atoms with Crippen LogP contribution in [0.2, 0.25) is 0 Å². The van der Waals surface area contributed by atoms with E-state index in [1.54, 1.807) is 38.7 Å². The van der Waals surface area contributed by atoms with Gasteiger partial charge in [0.15, 0.2) is 11.5 Å². The van der Waals surface area contributed by atoms with Crippen molar-refractivity contribution in [2.45, 2.75) is 11.7 Å². The van der Waals surface area contributed by atoms with Crippen LogP contribution in [-0.2, 0) is 0 Å². The normalized spacial score (nSPS) is 18.1. The first-order valence-corrected chi connectivity index (χ1v) is 8.94. The van der Waals surface area contributed by atoms with Crippen LogP contribution in [0.3, 0.4) is 0 Å². The van der Waals surface area contributed by atoms with Crippen LogP contribution in [0.15, 0.2) is 41.0 Å². The molecule has 5 nitrogen and oxygen atoms in total. The molecule has 0 N–H and O–H groups in total. The molecule has 1 atom stereocenters. The summed E-state index contributed by atoms with van der Waals surface area (Å²) in [6.07, 6.45) is 2.59. The molecule has 1 saturated heterocycles. The molecule has 1 aliphatic heterocycles. The van der Waals surface area contributed by atoms with E-state index in [4.69, 9.17) is 13.9 Å². The minimum Gasteiger partial charge on any atom is -0.493 e. The molecule has 128 valence electrons. The van der Waals surface area contributed by atoms with Crippen molar-refractivity contribution in [2.24, 2.45) is 0 Å². The number of nitrogens with zero attached hydrogens (tertiary/aromatic N) is 1. The highest BCUT2D eigenvalue weighted by molar-refractivity contribution is 7.99. The Hall–Kier alpha value is -2.08. The third kappa shape index (κ3) is 3.53. The smallest absolute Gasteiger partial charge is 0.254 e. The molecule has 24 heavy (non-hydrogen) atoms. The van der Waals surface area contributed by atoms with Crippen molar-refractivity contribution in [3.8, 4) is 11.5 Å². The van der Waals surface area contributed by atoms with E-state index >= 15 is 0 Å². The van der Waals surface area contributed by atoms with E-state index in [0.29, 0.717) is 28.9 Å². The van der Waals surface area contributed by atoms with Crippen LogP contribution in [0.4, 0.5) is 0 Å². The lowest BCUT2D eigenvalue weighted by Crippen LogP contribution is -2.33. The number of hydrogen-bond donors (Lipinski definition) is 0. The van der Waals surface area contributed by atoms with Crippen LogP contribution < -0.4 is 9.47 Å². The maximum atomic E-state index is 12.8. The maximum absolute atomic E-state index is 12.8. The number of methoxy groups -OCH3 is 2. The average molecular weight is 347 g/mol. The van der Waals surface area contributed by atoms with Gasteiger partial charge in [0.1, 0.15) is 5.76 Å². The summed E-state index contributed by atoms with van der Waals surface area (Å²) in [6.45, 7) is 1.45. The van der Waals surface area contributed by atoms with E-state index in [2.05, 4.69) is 0 Å². The standard InChI is InChI=1S/C18H21NO4S/c1-21-14-6-5-13(12-16(14)22-2)18(20)19-8-7-17(24-11-9-19)15-4-3-10-23-15/h3-6,10,12,17H,7-9,11H2,1-2H3. The molecule has 0 saturated carbocycles. The van der Waals surface area contributed by atoms with E-state index < -0.39 is 0 Å². The summed E-state index contributed by atoms with van der Waals surface area (Å²) in [5.41, 5.74) is 0.620. The zero-order valence-electron chi connectivity index (χ0n) is 13.9. The second-order valence-electron chi connectivity index (χ2n) is 5.53. The highest BCUT2D eigenvalue weighted by Gasteiger charge is 2.24.